The van der Waals surface area contributed by atoms with Gasteiger partial charge in [0.25, 0.3) is 0 Å². The van der Waals surface area contributed by atoms with Gasteiger partial charge in [-0.25, -0.2) is 4.98 Å². The lowest BCUT2D eigenvalue weighted by molar-refractivity contribution is 0.551. The minimum absolute atomic E-state index is 0.681. The van der Waals surface area contributed by atoms with E-state index in [2.05, 4.69) is 55.7 Å². The lowest BCUT2D eigenvalue weighted by atomic mass is 10.1. The van der Waals surface area contributed by atoms with E-state index in [0.29, 0.717) is 5.92 Å². The number of hydrogen-bond donors (Lipinski definition) is 1. The van der Waals surface area contributed by atoms with Crippen molar-refractivity contribution in [3.05, 3.63) is 40.2 Å². The molecular weight excluding hydrogens is 240 g/mol. The molecule has 0 bridgehead atoms. The summed E-state index contributed by atoms with van der Waals surface area (Å²) in [6.45, 7) is 8.47. The van der Waals surface area contributed by atoms with E-state index in [1.807, 2.05) is 0 Å². The summed E-state index contributed by atoms with van der Waals surface area (Å²) in [5, 5.41) is 6.74. The van der Waals surface area contributed by atoms with E-state index in [4.69, 9.17) is 4.98 Å². The van der Waals surface area contributed by atoms with Gasteiger partial charge >= 0.3 is 0 Å². The number of nitrogens with one attached hydrogen (secondary N) is 1. The van der Waals surface area contributed by atoms with Gasteiger partial charge in [0.2, 0.25) is 0 Å². The Bertz CT molecular complexity index is 503. The van der Waals surface area contributed by atoms with Gasteiger partial charge in [0.05, 0.1) is 5.69 Å². The molecular formula is C15H20N2S. The van der Waals surface area contributed by atoms with Crippen molar-refractivity contribution in [2.24, 2.45) is 5.92 Å². The summed E-state index contributed by atoms with van der Waals surface area (Å²) in [5.74, 6) is 0.681. The van der Waals surface area contributed by atoms with Crippen LogP contribution in [0.25, 0.3) is 11.3 Å². The first-order valence-corrected chi connectivity index (χ1v) is 7.26. The van der Waals surface area contributed by atoms with Crippen LogP contribution in [0.3, 0.4) is 0 Å². The van der Waals surface area contributed by atoms with Gasteiger partial charge in [-0.05, 0) is 24.9 Å². The molecule has 0 radical (unpaired) electrons. The van der Waals surface area contributed by atoms with Crippen LogP contribution in [0.2, 0.25) is 0 Å². The monoisotopic (exact) mass is 260 g/mol. The summed E-state index contributed by atoms with van der Waals surface area (Å²) in [6, 6.07) is 8.40. The van der Waals surface area contributed by atoms with Crippen molar-refractivity contribution in [1.29, 1.82) is 0 Å². The molecule has 1 aromatic carbocycles. The van der Waals surface area contributed by atoms with Gasteiger partial charge in [0, 0.05) is 17.5 Å². The van der Waals surface area contributed by atoms with Gasteiger partial charge in [-0.2, -0.15) is 0 Å². The van der Waals surface area contributed by atoms with Crippen LogP contribution in [0.15, 0.2) is 29.6 Å². The van der Waals surface area contributed by atoms with Gasteiger partial charge < -0.3 is 5.32 Å². The van der Waals surface area contributed by atoms with Crippen LogP contribution >= 0.6 is 11.3 Å². The third kappa shape index (κ3) is 3.40. The van der Waals surface area contributed by atoms with Gasteiger partial charge in [0.1, 0.15) is 5.01 Å². The second kappa shape index (κ2) is 6.12. The Morgan fingerprint density at radius 1 is 1.28 bits per heavy atom. The zero-order valence-electron chi connectivity index (χ0n) is 11.2. The molecule has 18 heavy (non-hydrogen) atoms. The van der Waals surface area contributed by atoms with Gasteiger partial charge in [-0.1, -0.05) is 38.1 Å². The number of aromatic nitrogens is 1. The molecule has 1 heterocycles. The van der Waals surface area contributed by atoms with Crippen LogP contribution in [0.5, 0.6) is 0 Å². The highest BCUT2D eigenvalue weighted by atomic mass is 32.1. The molecule has 0 aliphatic carbocycles. The fourth-order valence-corrected chi connectivity index (χ4v) is 2.61. The smallest absolute Gasteiger partial charge is 0.107 e. The van der Waals surface area contributed by atoms with Crippen LogP contribution in [-0.2, 0) is 6.54 Å². The Morgan fingerprint density at radius 3 is 2.78 bits per heavy atom. The summed E-state index contributed by atoms with van der Waals surface area (Å²) in [7, 11) is 0. The summed E-state index contributed by atoms with van der Waals surface area (Å²) in [4.78, 5) is 4.69. The highest BCUT2D eigenvalue weighted by molar-refractivity contribution is 7.09. The van der Waals surface area contributed by atoms with Crippen LogP contribution in [0.4, 0.5) is 0 Å². The van der Waals surface area contributed by atoms with Gasteiger partial charge in [-0.3, -0.25) is 0 Å². The molecule has 0 fully saturated rings. The van der Waals surface area contributed by atoms with Crippen molar-refractivity contribution < 1.29 is 0 Å². The predicted molar refractivity (Wildman–Crippen MR) is 78.8 cm³/mol. The Morgan fingerprint density at radius 2 is 2.06 bits per heavy atom. The van der Waals surface area contributed by atoms with Crippen molar-refractivity contribution in [2.75, 3.05) is 6.54 Å². The van der Waals surface area contributed by atoms with Crippen LogP contribution in [-0.4, -0.2) is 11.5 Å². The zero-order valence-corrected chi connectivity index (χ0v) is 12.1. The standard InChI is InChI=1S/C15H20N2S/c1-11(2)8-16-9-15-17-14(10-18-15)13-7-5-4-6-12(13)3/h4-7,10-11,16H,8-9H2,1-3H3. The van der Waals surface area contributed by atoms with E-state index in [9.17, 15) is 0 Å². The third-order valence-corrected chi connectivity index (χ3v) is 3.65. The second-order valence-corrected chi connectivity index (χ2v) is 5.91. The molecule has 2 rings (SSSR count). The number of hydrogen-bond acceptors (Lipinski definition) is 3. The first kappa shape index (κ1) is 13.2. The lowest BCUT2D eigenvalue weighted by Gasteiger charge is -2.04. The first-order chi connectivity index (χ1) is 8.66. The third-order valence-electron chi connectivity index (χ3n) is 2.80. The molecule has 0 spiro atoms. The topological polar surface area (TPSA) is 24.9 Å². The van der Waals surface area contributed by atoms with E-state index in [1.54, 1.807) is 11.3 Å². The van der Waals surface area contributed by atoms with E-state index in [0.717, 1.165) is 23.8 Å². The van der Waals surface area contributed by atoms with Crippen molar-refractivity contribution in [2.45, 2.75) is 27.3 Å². The van der Waals surface area contributed by atoms with E-state index >= 15 is 0 Å². The van der Waals surface area contributed by atoms with Gasteiger partial charge in [-0.15, -0.1) is 11.3 Å². The molecule has 0 unspecified atom stereocenters. The minimum Gasteiger partial charge on any atom is -0.310 e. The number of aryl methyl sites for hydroxylation is 1. The maximum absolute atomic E-state index is 4.69. The molecule has 0 saturated heterocycles. The fourth-order valence-electron chi connectivity index (χ4n) is 1.84. The molecule has 1 N–H and O–H groups in total. The Hall–Kier alpha value is -1.19. The molecule has 0 atom stereocenters. The van der Waals surface area contributed by atoms with E-state index in [1.165, 1.54) is 11.1 Å². The van der Waals surface area contributed by atoms with Gasteiger partial charge in [0.15, 0.2) is 0 Å². The predicted octanol–water partition coefficient (Wildman–Crippen LogP) is 3.86. The van der Waals surface area contributed by atoms with Crippen LogP contribution in [0.1, 0.15) is 24.4 Å². The highest BCUT2D eigenvalue weighted by Gasteiger charge is 2.06. The highest BCUT2D eigenvalue weighted by Crippen LogP contribution is 2.24. The average molecular weight is 260 g/mol. The first-order valence-electron chi connectivity index (χ1n) is 6.38. The molecule has 0 aliphatic rings. The van der Waals surface area contributed by atoms with Crippen molar-refractivity contribution in [3.8, 4) is 11.3 Å². The lowest BCUT2D eigenvalue weighted by Crippen LogP contribution is -2.18. The number of rotatable bonds is 5. The molecule has 1 aromatic heterocycles. The SMILES string of the molecule is Cc1ccccc1-c1csc(CNCC(C)C)n1. The Kier molecular flexibility index (Phi) is 4.50. The van der Waals surface area contributed by atoms with E-state index in [-0.39, 0.29) is 0 Å². The summed E-state index contributed by atoms with van der Waals surface area (Å²) >= 11 is 1.73. The molecule has 2 nitrogen and oxygen atoms in total. The van der Waals surface area contributed by atoms with Crippen LogP contribution in [0, 0.1) is 12.8 Å². The minimum atomic E-state index is 0.681. The fraction of sp³-hybridized carbons (Fsp3) is 0.400. The summed E-state index contributed by atoms with van der Waals surface area (Å²) in [5.41, 5.74) is 3.62. The molecule has 3 heteroatoms. The van der Waals surface area contributed by atoms with Crippen molar-refractivity contribution in [1.82, 2.24) is 10.3 Å². The molecule has 0 aliphatic heterocycles. The van der Waals surface area contributed by atoms with Crippen molar-refractivity contribution in [3.63, 3.8) is 0 Å². The average Bonchev–Trinajstić information content (AvgIpc) is 2.78. The molecule has 0 amide bonds. The van der Waals surface area contributed by atoms with Crippen molar-refractivity contribution >= 4 is 11.3 Å². The molecule has 96 valence electrons. The quantitative estimate of drug-likeness (QED) is 0.883. The summed E-state index contributed by atoms with van der Waals surface area (Å²) < 4.78 is 0. The molecule has 2 aromatic rings. The summed E-state index contributed by atoms with van der Waals surface area (Å²) in [6.07, 6.45) is 0. The van der Waals surface area contributed by atoms with E-state index < -0.39 is 0 Å². The van der Waals surface area contributed by atoms with Crippen LogP contribution < -0.4 is 5.32 Å². The number of benzene rings is 1. The Labute approximate surface area is 113 Å². The zero-order chi connectivity index (χ0) is 13.0. The Balaban J connectivity index is 2.04. The molecule has 0 saturated carbocycles. The number of nitrogens with zero attached hydrogens (tertiary/aromatic N) is 1. The normalized spacial score (nSPS) is 11.1. The maximum atomic E-state index is 4.69. The number of thiazole rings is 1. The largest absolute Gasteiger partial charge is 0.310 e. The maximum Gasteiger partial charge on any atom is 0.107 e. The second-order valence-electron chi connectivity index (χ2n) is 4.97.